The lowest BCUT2D eigenvalue weighted by atomic mass is 10.1. The third kappa shape index (κ3) is 3.09. The van der Waals surface area contributed by atoms with E-state index in [0.717, 1.165) is 5.56 Å². The van der Waals surface area contributed by atoms with Gasteiger partial charge in [-0.3, -0.25) is 0 Å². The summed E-state index contributed by atoms with van der Waals surface area (Å²) in [5.74, 6) is 0. The molecule has 0 spiro atoms. The Kier molecular flexibility index (Phi) is 3.98. The molecule has 0 aromatic heterocycles. The minimum atomic E-state index is -0.359. The molecule has 0 aliphatic rings. The van der Waals surface area contributed by atoms with Crippen molar-refractivity contribution >= 4 is 0 Å². The van der Waals surface area contributed by atoms with Crippen LogP contribution in [-0.4, -0.2) is 17.8 Å². The lowest BCUT2D eigenvalue weighted by Crippen LogP contribution is -2.12. The Bertz CT molecular complexity index is 328. The summed E-state index contributed by atoms with van der Waals surface area (Å²) in [6.45, 7) is 1.90. The van der Waals surface area contributed by atoms with Gasteiger partial charge in [0.2, 0.25) is 0 Å². The van der Waals surface area contributed by atoms with Gasteiger partial charge in [-0.25, -0.2) is 0 Å². The quantitative estimate of drug-likeness (QED) is 0.442. The third-order valence-electron chi connectivity index (χ3n) is 2.02. The van der Waals surface area contributed by atoms with E-state index in [1.165, 1.54) is 5.56 Å². The first-order chi connectivity index (χ1) is 6.76. The molecule has 1 rings (SSSR count). The Hall–Kier alpha value is -1.51. The van der Waals surface area contributed by atoms with Crippen LogP contribution in [0.1, 0.15) is 11.1 Å². The zero-order chi connectivity index (χ0) is 10.4. The molecule has 1 atom stereocenters. The number of aliphatic hydroxyl groups is 1. The predicted molar refractivity (Wildman–Crippen MR) is 54.9 cm³/mol. The molecule has 1 N–H and O–H groups in total. The van der Waals surface area contributed by atoms with E-state index in [2.05, 4.69) is 10.0 Å². The van der Waals surface area contributed by atoms with Crippen molar-refractivity contribution in [3.8, 4) is 0 Å². The smallest absolute Gasteiger partial charge is 0.0645 e. The fourth-order valence-electron chi connectivity index (χ4n) is 1.21. The maximum atomic E-state index is 8.91. The van der Waals surface area contributed by atoms with Crippen LogP contribution in [0.2, 0.25) is 0 Å². The molecule has 0 radical (unpaired) electrons. The van der Waals surface area contributed by atoms with Gasteiger partial charge in [0.15, 0.2) is 0 Å². The van der Waals surface area contributed by atoms with E-state index in [4.69, 9.17) is 10.6 Å². The summed E-state index contributed by atoms with van der Waals surface area (Å²) >= 11 is 0. The van der Waals surface area contributed by atoms with Crippen LogP contribution in [0, 0.1) is 6.92 Å². The molecule has 0 saturated heterocycles. The fraction of sp³-hybridized carbons (Fsp3) is 0.400. The van der Waals surface area contributed by atoms with Crippen molar-refractivity contribution in [3.63, 3.8) is 0 Å². The van der Waals surface area contributed by atoms with E-state index in [1.54, 1.807) is 0 Å². The Labute approximate surface area is 82.8 Å². The fourth-order valence-corrected chi connectivity index (χ4v) is 1.21. The van der Waals surface area contributed by atoms with Crippen molar-refractivity contribution in [1.29, 1.82) is 0 Å². The van der Waals surface area contributed by atoms with Gasteiger partial charge in [-0.2, -0.15) is 0 Å². The van der Waals surface area contributed by atoms with Gasteiger partial charge in [-0.15, -0.1) is 0 Å². The lowest BCUT2D eigenvalue weighted by Gasteiger charge is -2.07. The van der Waals surface area contributed by atoms with E-state index >= 15 is 0 Å². The average molecular weight is 191 g/mol. The average Bonchev–Trinajstić information content (AvgIpc) is 2.20. The summed E-state index contributed by atoms with van der Waals surface area (Å²) < 4.78 is 0. The van der Waals surface area contributed by atoms with Crippen LogP contribution < -0.4 is 0 Å². The molecule has 0 amide bonds. The first-order valence-electron chi connectivity index (χ1n) is 4.47. The maximum Gasteiger partial charge on any atom is 0.0645 e. The molecular formula is C10H13N3O. The van der Waals surface area contributed by atoms with Crippen LogP contribution in [0.25, 0.3) is 10.4 Å². The van der Waals surface area contributed by atoms with Crippen molar-refractivity contribution in [1.82, 2.24) is 0 Å². The molecule has 0 aliphatic carbocycles. The zero-order valence-corrected chi connectivity index (χ0v) is 8.09. The van der Waals surface area contributed by atoms with E-state index in [0.29, 0.717) is 6.42 Å². The minimum absolute atomic E-state index is 0.113. The van der Waals surface area contributed by atoms with Crippen molar-refractivity contribution < 1.29 is 5.11 Å². The topological polar surface area (TPSA) is 69.0 Å². The summed E-state index contributed by atoms with van der Waals surface area (Å²) in [5.41, 5.74) is 10.5. The molecule has 0 heterocycles. The molecule has 0 saturated carbocycles. The molecule has 4 nitrogen and oxygen atoms in total. The number of aliphatic hydroxyl groups excluding tert-OH is 1. The largest absolute Gasteiger partial charge is 0.396 e. The predicted octanol–water partition coefficient (Wildman–Crippen LogP) is 2.21. The van der Waals surface area contributed by atoms with Crippen LogP contribution in [0.3, 0.4) is 0 Å². The number of nitrogens with zero attached hydrogens (tertiary/aromatic N) is 3. The summed E-state index contributed by atoms with van der Waals surface area (Å²) in [6.07, 6.45) is 0.584. The molecule has 4 heteroatoms. The van der Waals surface area contributed by atoms with Gasteiger partial charge in [0, 0.05) is 4.91 Å². The molecular weight excluding hydrogens is 178 g/mol. The highest BCUT2D eigenvalue weighted by atomic mass is 16.3. The van der Waals surface area contributed by atoms with Crippen LogP contribution in [0.4, 0.5) is 0 Å². The highest BCUT2D eigenvalue weighted by Gasteiger charge is 2.05. The van der Waals surface area contributed by atoms with Crippen LogP contribution in [0.15, 0.2) is 29.4 Å². The van der Waals surface area contributed by atoms with E-state index in [1.807, 2.05) is 31.2 Å². The number of azide groups is 1. The van der Waals surface area contributed by atoms with Gasteiger partial charge < -0.3 is 5.11 Å². The second-order valence-electron chi connectivity index (χ2n) is 3.23. The van der Waals surface area contributed by atoms with Crippen LogP contribution in [-0.2, 0) is 6.42 Å². The molecule has 1 aromatic carbocycles. The van der Waals surface area contributed by atoms with Crippen LogP contribution >= 0.6 is 0 Å². The van der Waals surface area contributed by atoms with E-state index in [-0.39, 0.29) is 12.6 Å². The van der Waals surface area contributed by atoms with Gasteiger partial charge in [0.05, 0.1) is 12.6 Å². The standard InChI is InChI=1S/C10H13N3O/c1-8-2-4-9(5-3-8)6-10(7-14)12-13-11/h2-5,10,14H,6-7H2,1H3/t10-/m1/s1. The summed E-state index contributed by atoms with van der Waals surface area (Å²) in [6, 6.07) is 7.60. The Balaban J connectivity index is 2.67. The molecule has 14 heavy (non-hydrogen) atoms. The van der Waals surface area contributed by atoms with Gasteiger partial charge in [-0.1, -0.05) is 34.9 Å². The monoisotopic (exact) mass is 191 g/mol. The molecule has 74 valence electrons. The summed E-state index contributed by atoms with van der Waals surface area (Å²) in [5, 5.41) is 12.4. The molecule has 0 unspecified atom stereocenters. The summed E-state index contributed by atoms with van der Waals surface area (Å²) in [7, 11) is 0. The van der Waals surface area contributed by atoms with Gasteiger partial charge >= 0.3 is 0 Å². The highest BCUT2D eigenvalue weighted by molar-refractivity contribution is 5.22. The van der Waals surface area contributed by atoms with Gasteiger partial charge in [-0.05, 0) is 24.4 Å². The third-order valence-corrected chi connectivity index (χ3v) is 2.02. The summed E-state index contributed by atoms with van der Waals surface area (Å²) in [4.78, 5) is 2.69. The highest BCUT2D eigenvalue weighted by Crippen LogP contribution is 2.07. The lowest BCUT2D eigenvalue weighted by molar-refractivity contribution is 0.265. The normalized spacial score (nSPS) is 11.9. The molecule has 0 fully saturated rings. The first kappa shape index (κ1) is 10.6. The van der Waals surface area contributed by atoms with Gasteiger partial charge in [0.25, 0.3) is 0 Å². The first-order valence-corrected chi connectivity index (χ1v) is 4.47. The maximum absolute atomic E-state index is 8.91. The Morgan fingerprint density at radius 3 is 2.57 bits per heavy atom. The Morgan fingerprint density at radius 1 is 1.43 bits per heavy atom. The number of aryl methyl sites for hydroxylation is 1. The van der Waals surface area contributed by atoms with Crippen molar-refractivity contribution in [2.45, 2.75) is 19.4 Å². The number of rotatable bonds is 4. The second-order valence-corrected chi connectivity index (χ2v) is 3.23. The SMILES string of the molecule is Cc1ccc(C[C@H](CO)N=[N+]=[N-])cc1. The van der Waals surface area contributed by atoms with E-state index in [9.17, 15) is 0 Å². The number of benzene rings is 1. The molecule has 0 bridgehead atoms. The van der Waals surface area contributed by atoms with Gasteiger partial charge in [0.1, 0.15) is 0 Å². The molecule has 0 aliphatic heterocycles. The number of hydrogen-bond acceptors (Lipinski definition) is 2. The van der Waals surface area contributed by atoms with Crippen molar-refractivity contribution in [2.24, 2.45) is 5.11 Å². The van der Waals surface area contributed by atoms with Crippen molar-refractivity contribution in [2.75, 3.05) is 6.61 Å². The minimum Gasteiger partial charge on any atom is -0.396 e. The van der Waals surface area contributed by atoms with E-state index < -0.39 is 0 Å². The second kappa shape index (κ2) is 5.27. The van der Waals surface area contributed by atoms with Crippen LogP contribution in [0.5, 0.6) is 0 Å². The number of hydrogen-bond donors (Lipinski definition) is 1. The molecule has 1 aromatic rings. The van der Waals surface area contributed by atoms with Crippen molar-refractivity contribution in [3.05, 3.63) is 45.8 Å². The zero-order valence-electron chi connectivity index (χ0n) is 8.09. The Morgan fingerprint density at radius 2 is 2.07 bits per heavy atom.